The maximum Gasteiger partial charge on any atom is 0.262 e. The van der Waals surface area contributed by atoms with Crippen LogP contribution in [0, 0.1) is 13.8 Å². The lowest BCUT2D eigenvalue weighted by molar-refractivity contribution is -0.119. The molecule has 35 heavy (non-hydrogen) atoms. The summed E-state index contributed by atoms with van der Waals surface area (Å²) in [5, 5.41) is 2.85. The maximum atomic E-state index is 12.9. The molecule has 0 aromatic heterocycles. The number of rotatable bonds is 5. The molecule has 1 aliphatic heterocycles. The van der Waals surface area contributed by atoms with Crippen molar-refractivity contribution in [2.45, 2.75) is 58.3 Å². The van der Waals surface area contributed by atoms with Gasteiger partial charge in [0.25, 0.3) is 5.91 Å². The maximum absolute atomic E-state index is 12.9. The number of allylic oxidation sites excluding steroid dienone is 4. The van der Waals surface area contributed by atoms with Gasteiger partial charge in [-0.3, -0.25) is 14.4 Å². The normalized spacial score (nSPS) is 18.1. The number of ether oxygens (including phenoxy) is 2. The van der Waals surface area contributed by atoms with Gasteiger partial charge in [-0.05, 0) is 67.6 Å². The molecule has 2 aliphatic carbocycles. The van der Waals surface area contributed by atoms with Crippen LogP contribution >= 0.6 is 0 Å². The van der Waals surface area contributed by atoms with Crippen LogP contribution in [0.5, 0.6) is 5.75 Å². The van der Waals surface area contributed by atoms with Crippen LogP contribution < -0.4 is 10.1 Å². The van der Waals surface area contributed by atoms with Crippen LogP contribution in [0.1, 0.15) is 61.1 Å². The zero-order chi connectivity index (χ0) is 24.5. The molecule has 3 aliphatic rings. The molecule has 180 valence electrons. The lowest BCUT2D eigenvalue weighted by Gasteiger charge is -2.36. The average molecular weight is 472 g/mol. The topological polar surface area (TPSA) is 81.7 Å². The van der Waals surface area contributed by atoms with E-state index in [1.165, 1.54) is 5.56 Å². The zero-order valence-electron chi connectivity index (χ0n) is 20.1. The van der Waals surface area contributed by atoms with Gasteiger partial charge in [0, 0.05) is 48.4 Å². The first-order valence-electron chi connectivity index (χ1n) is 12.2. The van der Waals surface area contributed by atoms with Crippen LogP contribution in [-0.2, 0) is 19.1 Å². The highest BCUT2D eigenvalue weighted by Gasteiger charge is 2.41. The lowest BCUT2D eigenvalue weighted by Crippen LogP contribution is -2.30. The number of hydrogen-bond donors (Lipinski definition) is 1. The van der Waals surface area contributed by atoms with E-state index in [9.17, 15) is 14.4 Å². The number of carbonyl (C=O) groups excluding carboxylic acids is 3. The SMILES string of the molecule is Cc1ccc(NC(=O)COc2ccc(C3C4=C(CCCC4=O)OC4=C3C(=O)CCC4)cc2)cc1C. The van der Waals surface area contributed by atoms with Crippen molar-refractivity contribution in [2.24, 2.45) is 0 Å². The molecule has 1 heterocycles. The molecular weight excluding hydrogens is 442 g/mol. The Balaban J connectivity index is 1.32. The van der Waals surface area contributed by atoms with Gasteiger partial charge in [0.1, 0.15) is 17.3 Å². The van der Waals surface area contributed by atoms with Crippen molar-refractivity contribution in [3.63, 3.8) is 0 Å². The fourth-order valence-corrected chi connectivity index (χ4v) is 5.07. The summed E-state index contributed by atoms with van der Waals surface area (Å²) in [4.78, 5) is 38.1. The summed E-state index contributed by atoms with van der Waals surface area (Å²) < 4.78 is 11.8. The van der Waals surface area contributed by atoms with E-state index in [1.54, 1.807) is 12.1 Å². The predicted molar refractivity (Wildman–Crippen MR) is 132 cm³/mol. The van der Waals surface area contributed by atoms with Gasteiger partial charge in [-0.15, -0.1) is 0 Å². The van der Waals surface area contributed by atoms with E-state index in [0.717, 1.165) is 54.0 Å². The van der Waals surface area contributed by atoms with E-state index in [-0.39, 0.29) is 24.1 Å². The standard InChI is InChI=1S/C29H29NO5/c1-17-9-12-20(15-18(17)2)30-26(33)16-34-21-13-10-19(11-14-21)27-28-22(31)5-3-7-24(28)35-25-8-4-6-23(32)29(25)27/h9-15,27H,3-8,16H2,1-2H3,(H,30,33). The molecule has 5 rings (SSSR count). The lowest BCUT2D eigenvalue weighted by atomic mass is 9.73. The second-order valence-electron chi connectivity index (χ2n) is 9.47. The number of hydrogen-bond acceptors (Lipinski definition) is 5. The number of ketones is 2. The van der Waals surface area contributed by atoms with Crippen molar-refractivity contribution in [3.8, 4) is 5.75 Å². The Kier molecular flexibility index (Phi) is 6.29. The molecule has 1 N–H and O–H groups in total. The van der Waals surface area contributed by atoms with Crippen molar-refractivity contribution >= 4 is 23.2 Å². The molecular formula is C29H29NO5. The number of carbonyl (C=O) groups is 3. The minimum atomic E-state index is -0.392. The quantitative estimate of drug-likeness (QED) is 0.627. The molecule has 6 heteroatoms. The van der Waals surface area contributed by atoms with E-state index in [2.05, 4.69) is 5.32 Å². The zero-order valence-corrected chi connectivity index (χ0v) is 20.1. The number of aryl methyl sites for hydroxylation is 2. The second-order valence-corrected chi connectivity index (χ2v) is 9.47. The minimum Gasteiger partial charge on any atom is -0.484 e. The highest BCUT2D eigenvalue weighted by molar-refractivity contribution is 6.05. The summed E-state index contributed by atoms with van der Waals surface area (Å²) in [5.74, 6) is 1.48. The monoisotopic (exact) mass is 471 g/mol. The fourth-order valence-electron chi connectivity index (χ4n) is 5.07. The molecule has 0 unspecified atom stereocenters. The summed E-state index contributed by atoms with van der Waals surface area (Å²) in [6.07, 6.45) is 3.95. The molecule has 0 spiro atoms. The Hall–Kier alpha value is -3.67. The summed E-state index contributed by atoms with van der Waals surface area (Å²) in [7, 11) is 0. The Bertz CT molecular complexity index is 1230. The number of benzene rings is 2. The Morgan fingerprint density at radius 1 is 0.886 bits per heavy atom. The van der Waals surface area contributed by atoms with Crippen LogP contribution in [0.2, 0.25) is 0 Å². The summed E-state index contributed by atoms with van der Waals surface area (Å²) >= 11 is 0. The van der Waals surface area contributed by atoms with Gasteiger partial charge < -0.3 is 14.8 Å². The molecule has 0 atom stereocenters. The van der Waals surface area contributed by atoms with E-state index in [4.69, 9.17) is 9.47 Å². The highest BCUT2D eigenvalue weighted by atomic mass is 16.5. The molecule has 2 aromatic rings. The number of amides is 1. The van der Waals surface area contributed by atoms with Crippen molar-refractivity contribution in [3.05, 3.63) is 81.8 Å². The first kappa shape index (κ1) is 23.1. The molecule has 2 aromatic carbocycles. The molecule has 0 saturated carbocycles. The molecule has 0 saturated heterocycles. The highest BCUT2D eigenvalue weighted by Crippen LogP contribution is 2.47. The Labute approximate surface area is 205 Å². The number of Topliss-reactive ketones (excluding diaryl/α,β-unsaturated/α-hetero) is 2. The molecule has 0 fully saturated rings. The molecule has 1 amide bonds. The predicted octanol–water partition coefficient (Wildman–Crippen LogP) is 5.45. The number of nitrogens with one attached hydrogen (secondary N) is 1. The third kappa shape index (κ3) is 4.65. The van der Waals surface area contributed by atoms with E-state index in [1.807, 2.05) is 44.2 Å². The van der Waals surface area contributed by atoms with Crippen LogP contribution in [0.15, 0.2) is 65.1 Å². The largest absolute Gasteiger partial charge is 0.484 e. The summed E-state index contributed by atoms with van der Waals surface area (Å²) in [5.41, 5.74) is 5.14. The van der Waals surface area contributed by atoms with Crippen LogP contribution in [0.4, 0.5) is 5.69 Å². The fraction of sp³-hybridized carbons (Fsp3) is 0.345. The first-order chi connectivity index (χ1) is 16.9. The van der Waals surface area contributed by atoms with Gasteiger partial charge in [0.05, 0.1) is 0 Å². The molecule has 6 nitrogen and oxygen atoms in total. The third-order valence-electron chi connectivity index (χ3n) is 7.01. The van der Waals surface area contributed by atoms with Crippen molar-refractivity contribution in [2.75, 3.05) is 11.9 Å². The van der Waals surface area contributed by atoms with E-state index < -0.39 is 5.92 Å². The minimum absolute atomic E-state index is 0.0597. The average Bonchev–Trinajstić information content (AvgIpc) is 2.84. The third-order valence-corrected chi connectivity index (χ3v) is 7.01. The van der Waals surface area contributed by atoms with Gasteiger partial charge >= 0.3 is 0 Å². The molecule has 0 bridgehead atoms. The smallest absolute Gasteiger partial charge is 0.262 e. The van der Waals surface area contributed by atoms with Crippen LogP contribution in [-0.4, -0.2) is 24.1 Å². The molecule has 0 radical (unpaired) electrons. The first-order valence-corrected chi connectivity index (χ1v) is 12.2. The van der Waals surface area contributed by atoms with Gasteiger partial charge in [0.15, 0.2) is 18.2 Å². The van der Waals surface area contributed by atoms with Gasteiger partial charge in [-0.25, -0.2) is 0 Å². The van der Waals surface area contributed by atoms with Crippen molar-refractivity contribution in [1.82, 2.24) is 0 Å². The Morgan fingerprint density at radius 2 is 1.51 bits per heavy atom. The summed E-state index contributed by atoms with van der Waals surface area (Å²) in [6.45, 7) is 3.91. The van der Waals surface area contributed by atoms with Crippen molar-refractivity contribution < 1.29 is 23.9 Å². The van der Waals surface area contributed by atoms with E-state index >= 15 is 0 Å². The van der Waals surface area contributed by atoms with E-state index in [0.29, 0.717) is 29.7 Å². The number of anilines is 1. The second kappa shape index (κ2) is 9.53. The van der Waals surface area contributed by atoms with Crippen molar-refractivity contribution in [1.29, 1.82) is 0 Å². The van der Waals surface area contributed by atoms with Gasteiger partial charge in [0.2, 0.25) is 0 Å². The van der Waals surface area contributed by atoms with Crippen LogP contribution in [0.3, 0.4) is 0 Å². The van der Waals surface area contributed by atoms with Gasteiger partial charge in [-0.2, -0.15) is 0 Å². The Morgan fingerprint density at radius 3 is 2.11 bits per heavy atom. The van der Waals surface area contributed by atoms with Gasteiger partial charge in [-0.1, -0.05) is 18.2 Å². The van der Waals surface area contributed by atoms with Crippen LogP contribution in [0.25, 0.3) is 0 Å². The summed E-state index contributed by atoms with van der Waals surface area (Å²) in [6, 6.07) is 13.1.